The maximum atomic E-state index is 13.0. The molecule has 0 N–H and O–H groups in total. The molecule has 0 unspecified atom stereocenters. The number of ether oxygens (including phenoxy) is 1. The molecule has 0 amide bonds. The average molecular weight is 487 g/mol. The molecule has 3 aromatic rings. The van der Waals surface area contributed by atoms with Gasteiger partial charge in [0.05, 0.1) is 16.1 Å². The van der Waals surface area contributed by atoms with Gasteiger partial charge in [-0.2, -0.15) is 5.26 Å². The fourth-order valence-electron chi connectivity index (χ4n) is 2.44. The zero-order chi connectivity index (χ0) is 19.2. The van der Waals surface area contributed by atoms with Gasteiger partial charge in [0.1, 0.15) is 18.2 Å². The van der Waals surface area contributed by atoms with Crippen LogP contribution in [0.25, 0.3) is 11.6 Å². The van der Waals surface area contributed by atoms with Crippen molar-refractivity contribution in [1.29, 1.82) is 5.26 Å². The minimum Gasteiger partial charge on any atom is -0.488 e. The lowest BCUT2D eigenvalue weighted by Gasteiger charge is -2.09. The summed E-state index contributed by atoms with van der Waals surface area (Å²) in [5, 5.41) is 9.47. The van der Waals surface area contributed by atoms with Gasteiger partial charge in [0.2, 0.25) is 0 Å². The van der Waals surface area contributed by atoms with Gasteiger partial charge in [-0.25, -0.2) is 4.39 Å². The Hall–Kier alpha value is -2.42. The molecule has 0 bridgehead atoms. The number of hydrogen-bond donors (Lipinski definition) is 0. The lowest BCUT2D eigenvalue weighted by molar-refractivity contribution is 0.304. The largest absolute Gasteiger partial charge is 0.488 e. The van der Waals surface area contributed by atoms with Crippen molar-refractivity contribution in [2.24, 2.45) is 0 Å². The Morgan fingerprint density at radius 3 is 2.33 bits per heavy atom. The monoisotopic (exact) mass is 485 g/mol. The third kappa shape index (κ3) is 5.29. The standard InChI is InChI=1S/C22H14Br2FNO/c23-19-6-4-17(5-7-19)18(13-26)11-16-3-10-22(21(24)12-16)27-14-15-1-8-20(25)9-2-15/h1-12H,14H2/b18-11-. The van der Waals surface area contributed by atoms with Crippen LogP contribution >= 0.6 is 31.9 Å². The molecule has 5 heteroatoms. The van der Waals surface area contributed by atoms with Gasteiger partial charge in [-0.15, -0.1) is 0 Å². The minimum atomic E-state index is -0.268. The number of nitriles is 1. The summed E-state index contributed by atoms with van der Waals surface area (Å²) in [7, 11) is 0. The number of benzene rings is 3. The molecule has 3 rings (SSSR count). The van der Waals surface area contributed by atoms with E-state index >= 15 is 0 Å². The average Bonchev–Trinajstić information content (AvgIpc) is 2.67. The lowest BCUT2D eigenvalue weighted by atomic mass is 10.0. The van der Waals surface area contributed by atoms with Crippen LogP contribution in [0.4, 0.5) is 4.39 Å². The molecule has 0 fully saturated rings. The van der Waals surface area contributed by atoms with Crippen molar-refractivity contribution in [2.45, 2.75) is 6.61 Å². The molecule has 2 nitrogen and oxygen atoms in total. The predicted octanol–water partition coefficient (Wildman–Crippen LogP) is 6.99. The summed E-state index contributed by atoms with van der Waals surface area (Å²) < 4.78 is 20.5. The number of nitrogens with zero attached hydrogens (tertiary/aromatic N) is 1. The fraction of sp³-hybridized carbons (Fsp3) is 0.0455. The number of allylic oxidation sites excluding steroid dienone is 1. The van der Waals surface area contributed by atoms with Gasteiger partial charge in [0.15, 0.2) is 0 Å². The first-order valence-electron chi connectivity index (χ1n) is 8.10. The Morgan fingerprint density at radius 2 is 1.70 bits per heavy atom. The number of hydrogen-bond acceptors (Lipinski definition) is 2. The summed E-state index contributed by atoms with van der Waals surface area (Å²) in [6.07, 6.45) is 1.83. The van der Waals surface area contributed by atoms with E-state index in [1.807, 2.05) is 48.5 Å². The highest BCUT2D eigenvalue weighted by Gasteiger charge is 2.05. The van der Waals surface area contributed by atoms with E-state index in [1.54, 1.807) is 12.1 Å². The molecule has 3 aromatic carbocycles. The molecule has 0 aliphatic carbocycles. The molecule has 0 saturated carbocycles. The quantitative estimate of drug-likeness (QED) is 0.287. The van der Waals surface area contributed by atoms with Crippen molar-refractivity contribution in [3.63, 3.8) is 0 Å². The summed E-state index contributed by atoms with van der Waals surface area (Å²) in [5.41, 5.74) is 3.20. The number of halogens is 3. The van der Waals surface area contributed by atoms with E-state index in [-0.39, 0.29) is 5.82 Å². The van der Waals surface area contributed by atoms with Gasteiger partial charge in [-0.3, -0.25) is 0 Å². The van der Waals surface area contributed by atoms with Crippen molar-refractivity contribution >= 4 is 43.5 Å². The van der Waals surface area contributed by atoms with Crippen LogP contribution in [0, 0.1) is 17.1 Å². The Morgan fingerprint density at radius 1 is 1.00 bits per heavy atom. The van der Waals surface area contributed by atoms with E-state index < -0.39 is 0 Å². The second-order valence-corrected chi connectivity index (χ2v) is 7.55. The summed E-state index contributed by atoms with van der Waals surface area (Å²) in [5.74, 6) is 0.411. The lowest BCUT2D eigenvalue weighted by Crippen LogP contribution is -1.96. The topological polar surface area (TPSA) is 33.0 Å². The maximum Gasteiger partial charge on any atom is 0.134 e. The minimum absolute atomic E-state index is 0.268. The molecule has 0 aromatic heterocycles. The van der Waals surface area contributed by atoms with Gasteiger partial charge in [0.25, 0.3) is 0 Å². The van der Waals surface area contributed by atoms with Crippen molar-refractivity contribution in [3.8, 4) is 11.8 Å². The van der Waals surface area contributed by atoms with E-state index in [9.17, 15) is 9.65 Å². The molecule has 0 aliphatic rings. The number of rotatable bonds is 5. The van der Waals surface area contributed by atoms with Gasteiger partial charge < -0.3 is 4.74 Å². The zero-order valence-corrected chi connectivity index (χ0v) is 17.3. The first-order valence-corrected chi connectivity index (χ1v) is 9.68. The van der Waals surface area contributed by atoms with Gasteiger partial charge in [-0.1, -0.05) is 46.3 Å². The van der Waals surface area contributed by atoms with Crippen LogP contribution in [0.2, 0.25) is 0 Å². The maximum absolute atomic E-state index is 13.0. The SMILES string of the molecule is N#C/C(=C/c1ccc(OCc2ccc(F)cc2)c(Br)c1)c1ccc(Br)cc1. The summed E-state index contributed by atoms with van der Waals surface area (Å²) in [4.78, 5) is 0. The second kappa shape index (κ2) is 8.98. The third-order valence-corrected chi connectivity index (χ3v) is 5.00. The Bertz CT molecular complexity index is 1010. The molecule has 0 saturated heterocycles. The van der Waals surface area contributed by atoms with Crippen LogP contribution in [-0.4, -0.2) is 0 Å². The van der Waals surface area contributed by atoms with Crippen LogP contribution in [0.5, 0.6) is 5.75 Å². The third-order valence-electron chi connectivity index (χ3n) is 3.85. The first kappa shape index (κ1) is 19.3. The fourth-order valence-corrected chi connectivity index (χ4v) is 3.22. The van der Waals surface area contributed by atoms with Crippen molar-refractivity contribution in [1.82, 2.24) is 0 Å². The molecule has 0 heterocycles. The Kier molecular flexibility index (Phi) is 6.44. The van der Waals surface area contributed by atoms with E-state index in [1.165, 1.54) is 12.1 Å². The van der Waals surface area contributed by atoms with Crippen molar-refractivity contribution in [3.05, 3.63) is 98.2 Å². The zero-order valence-electron chi connectivity index (χ0n) is 14.1. The van der Waals surface area contributed by atoms with Crippen LogP contribution in [0.15, 0.2) is 75.7 Å². The highest BCUT2D eigenvalue weighted by Crippen LogP contribution is 2.29. The molecular formula is C22H14Br2FNO. The Labute approximate surface area is 174 Å². The van der Waals surface area contributed by atoms with E-state index in [2.05, 4.69) is 37.9 Å². The summed E-state index contributed by atoms with van der Waals surface area (Å²) in [6, 6.07) is 21.7. The van der Waals surface area contributed by atoms with Gasteiger partial charge >= 0.3 is 0 Å². The summed E-state index contributed by atoms with van der Waals surface area (Å²) in [6.45, 7) is 0.344. The summed E-state index contributed by atoms with van der Waals surface area (Å²) >= 11 is 6.90. The van der Waals surface area contributed by atoms with E-state index in [0.717, 1.165) is 25.6 Å². The first-order chi connectivity index (χ1) is 13.0. The Balaban J connectivity index is 1.76. The van der Waals surface area contributed by atoms with E-state index in [0.29, 0.717) is 17.9 Å². The smallest absolute Gasteiger partial charge is 0.134 e. The predicted molar refractivity (Wildman–Crippen MR) is 112 cm³/mol. The highest BCUT2D eigenvalue weighted by atomic mass is 79.9. The molecule has 0 atom stereocenters. The van der Waals surface area contributed by atoms with Gasteiger partial charge in [0, 0.05) is 4.47 Å². The highest BCUT2D eigenvalue weighted by molar-refractivity contribution is 9.10. The van der Waals surface area contributed by atoms with Crippen molar-refractivity contribution < 1.29 is 9.13 Å². The van der Waals surface area contributed by atoms with E-state index in [4.69, 9.17) is 4.74 Å². The van der Waals surface area contributed by atoms with Crippen LogP contribution < -0.4 is 4.74 Å². The van der Waals surface area contributed by atoms with Crippen LogP contribution in [0.3, 0.4) is 0 Å². The molecule has 0 radical (unpaired) electrons. The van der Waals surface area contributed by atoms with Crippen LogP contribution in [-0.2, 0) is 6.61 Å². The molecule has 0 spiro atoms. The molecular weight excluding hydrogens is 473 g/mol. The molecule has 0 aliphatic heterocycles. The second-order valence-electron chi connectivity index (χ2n) is 5.78. The molecule has 27 heavy (non-hydrogen) atoms. The van der Waals surface area contributed by atoms with Crippen molar-refractivity contribution in [2.75, 3.05) is 0 Å². The normalized spacial score (nSPS) is 11.1. The molecule has 134 valence electrons. The van der Waals surface area contributed by atoms with Crippen LogP contribution in [0.1, 0.15) is 16.7 Å². The van der Waals surface area contributed by atoms with Gasteiger partial charge in [-0.05, 0) is 75.1 Å².